The highest BCUT2D eigenvalue weighted by Gasteiger charge is 2.18. The second-order valence-electron chi connectivity index (χ2n) is 6.13. The van der Waals surface area contributed by atoms with Gasteiger partial charge in [0.15, 0.2) is 0 Å². The molecule has 0 bridgehead atoms. The van der Waals surface area contributed by atoms with E-state index in [1.165, 1.54) is 0 Å². The Labute approximate surface area is 157 Å². The number of rotatable bonds is 5. The molecule has 2 heterocycles. The van der Waals surface area contributed by atoms with Crippen LogP contribution >= 0.6 is 0 Å². The second-order valence-corrected chi connectivity index (χ2v) is 6.13. The summed E-state index contributed by atoms with van der Waals surface area (Å²) in [6.45, 7) is 0.600. The molecule has 0 aliphatic rings. The van der Waals surface area contributed by atoms with Crippen LogP contribution in [-0.4, -0.2) is 20.7 Å². The minimum absolute atomic E-state index is 0.195. The van der Waals surface area contributed by atoms with Gasteiger partial charge < -0.3 is 5.32 Å². The van der Waals surface area contributed by atoms with E-state index in [1.807, 2.05) is 60.7 Å². The number of nitrogens with zero attached hydrogens (tertiary/aromatic N) is 3. The lowest BCUT2D eigenvalue weighted by Crippen LogP contribution is -2.12. The standard InChI is InChI=1S/C22H18N4O/c27-22(24-19-11-13-23-14-12-19)20-16-26(15-17-7-3-1-4-8-17)25-21(20)18-9-5-2-6-10-18/h1-14,16H,15H2,(H,23,24,27). The number of carbonyl (C=O) groups is 1. The van der Waals surface area contributed by atoms with Crippen molar-refractivity contribution in [1.82, 2.24) is 14.8 Å². The lowest BCUT2D eigenvalue weighted by Gasteiger charge is -2.04. The van der Waals surface area contributed by atoms with E-state index < -0.39 is 0 Å². The summed E-state index contributed by atoms with van der Waals surface area (Å²) in [5, 5.41) is 7.60. The van der Waals surface area contributed by atoms with Crippen LogP contribution in [0.3, 0.4) is 0 Å². The zero-order valence-corrected chi connectivity index (χ0v) is 14.6. The number of amides is 1. The van der Waals surface area contributed by atoms with Crippen LogP contribution in [0.5, 0.6) is 0 Å². The fraction of sp³-hybridized carbons (Fsp3) is 0.0455. The number of hydrogen-bond acceptors (Lipinski definition) is 3. The average Bonchev–Trinajstić information content (AvgIpc) is 3.14. The third-order valence-corrected chi connectivity index (χ3v) is 4.18. The fourth-order valence-electron chi connectivity index (χ4n) is 2.88. The SMILES string of the molecule is O=C(Nc1ccncc1)c1cn(Cc2ccccc2)nc1-c1ccccc1. The molecular weight excluding hydrogens is 336 g/mol. The molecule has 0 unspecified atom stereocenters. The van der Waals surface area contributed by atoms with Gasteiger partial charge in [0.2, 0.25) is 0 Å². The summed E-state index contributed by atoms with van der Waals surface area (Å²) in [4.78, 5) is 16.9. The Bertz CT molecular complexity index is 1030. The largest absolute Gasteiger partial charge is 0.322 e. The van der Waals surface area contributed by atoms with Crippen LogP contribution in [0.2, 0.25) is 0 Å². The van der Waals surface area contributed by atoms with Crippen LogP contribution in [-0.2, 0) is 6.54 Å². The van der Waals surface area contributed by atoms with Crippen molar-refractivity contribution < 1.29 is 4.79 Å². The Balaban J connectivity index is 1.69. The minimum atomic E-state index is -0.195. The highest BCUT2D eigenvalue weighted by molar-refractivity contribution is 6.08. The number of carbonyl (C=O) groups excluding carboxylic acids is 1. The van der Waals surface area contributed by atoms with Crippen molar-refractivity contribution in [3.05, 3.63) is 103 Å². The van der Waals surface area contributed by atoms with E-state index in [4.69, 9.17) is 0 Å². The molecule has 0 spiro atoms. The Morgan fingerprint density at radius 1 is 0.889 bits per heavy atom. The maximum absolute atomic E-state index is 12.9. The number of hydrogen-bond donors (Lipinski definition) is 1. The summed E-state index contributed by atoms with van der Waals surface area (Å²) >= 11 is 0. The molecule has 2 aromatic heterocycles. The van der Waals surface area contributed by atoms with Gasteiger partial charge in [-0.25, -0.2) is 0 Å². The smallest absolute Gasteiger partial charge is 0.259 e. The summed E-state index contributed by atoms with van der Waals surface area (Å²) in [7, 11) is 0. The number of pyridine rings is 1. The number of aromatic nitrogens is 3. The van der Waals surface area contributed by atoms with Gasteiger partial charge in [0, 0.05) is 29.8 Å². The monoisotopic (exact) mass is 354 g/mol. The maximum Gasteiger partial charge on any atom is 0.259 e. The van der Waals surface area contributed by atoms with E-state index in [9.17, 15) is 4.79 Å². The maximum atomic E-state index is 12.9. The third kappa shape index (κ3) is 3.93. The molecule has 5 heteroatoms. The first-order chi connectivity index (χ1) is 13.3. The molecular formula is C22H18N4O. The van der Waals surface area contributed by atoms with Gasteiger partial charge in [0.05, 0.1) is 12.1 Å². The van der Waals surface area contributed by atoms with Gasteiger partial charge in [-0.15, -0.1) is 0 Å². The lowest BCUT2D eigenvalue weighted by molar-refractivity contribution is 0.102. The Morgan fingerprint density at radius 3 is 2.26 bits per heavy atom. The molecule has 132 valence electrons. The first-order valence-electron chi connectivity index (χ1n) is 8.68. The quantitative estimate of drug-likeness (QED) is 0.583. The van der Waals surface area contributed by atoms with Crippen LogP contribution in [0, 0.1) is 0 Å². The van der Waals surface area contributed by atoms with Gasteiger partial charge in [-0.1, -0.05) is 60.7 Å². The molecule has 0 saturated carbocycles. The summed E-state index contributed by atoms with van der Waals surface area (Å²) in [6, 6.07) is 23.3. The molecule has 2 aromatic carbocycles. The van der Waals surface area contributed by atoms with Crippen molar-refractivity contribution in [1.29, 1.82) is 0 Å². The molecule has 0 aliphatic heterocycles. The first-order valence-corrected chi connectivity index (χ1v) is 8.68. The van der Waals surface area contributed by atoms with Crippen LogP contribution in [0.15, 0.2) is 91.4 Å². The lowest BCUT2D eigenvalue weighted by atomic mass is 10.1. The van der Waals surface area contributed by atoms with E-state index in [1.54, 1.807) is 35.4 Å². The summed E-state index contributed by atoms with van der Waals surface area (Å²) in [6.07, 6.45) is 5.09. The van der Waals surface area contributed by atoms with E-state index in [-0.39, 0.29) is 5.91 Å². The molecule has 0 saturated heterocycles. The van der Waals surface area contributed by atoms with Crippen molar-refractivity contribution in [3.63, 3.8) is 0 Å². The number of nitrogens with one attached hydrogen (secondary N) is 1. The van der Waals surface area contributed by atoms with E-state index >= 15 is 0 Å². The average molecular weight is 354 g/mol. The third-order valence-electron chi connectivity index (χ3n) is 4.18. The molecule has 27 heavy (non-hydrogen) atoms. The zero-order valence-electron chi connectivity index (χ0n) is 14.6. The predicted molar refractivity (Wildman–Crippen MR) is 105 cm³/mol. The van der Waals surface area contributed by atoms with Crippen molar-refractivity contribution in [2.75, 3.05) is 5.32 Å². The highest BCUT2D eigenvalue weighted by atomic mass is 16.1. The van der Waals surface area contributed by atoms with Crippen LogP contribution < -0.4 is 5.32 Å². The molecule has 0 aliphatic carbocycles. The van der Waals surface area contributed by atoms with Gasteiger partial charge in [-0.3, -0.25) is 14.5 Å². The van der Waals surface area contributed by atoms with E-state index in [0.29, 0.717) is 23.5 Å². The van der Waals surface area contributed by atoms with Crippen molar-refractivity contribution in [3.8, 4) is 11.3 Å². The van der Waals surface area contributed by atoms with Crippen LogP contribution in [0.25, 0.3) is 11.3 Å². The fourth-order valence-corrected chi connectivity index (χ4v) is 2.88. The van der Waals surface area contributed by atoms with Crippen molar-refractivity contribution >= 4 is 11.6 Å². The Hall–Kier alpha value is -3.73. The van der Waals surface area contributed by atoms with Gasteiger partial charge in [-0.05, 0) is 17.7 Å². The molecule has 5 nitrogen and oxygen atoms in total. The Morgan fingerprint density at radius 2 is 1.56 bits per heavy atom. The summed E-state index contributed by atoms with van der Waals surface area (Å²) in [5.74, 6) is -0.195. The van der Waals surface area contributed by atoms with Crippen LogP contribution in [0.4, 0.5) is 5.69 Å². The molecule has 4 rings (SSSR count). The minimum Gasteiger partial charge on any atom is -0.322 e. The summed E-state index contributed by atoms with van der Waals surface area (Å²) in [5.41, 5.74) is 3.93. The highest BCUT2D eigenvalue weighted by Crippen LogP contribution is 2.23. The van der Waals surface area contributed by atoms with Gasteiger partial charge in [-0.2, -0.15) is 5.10 Å². The van der Waals surface area contributed by atoms with Crippen molar-refractivity contribution in [2.45, 2.75) is 6.54 Å². The predicted octanol–water partition coefficient (Wildman–Crippen LogP) is 4.25. The molecule has 1 amide bonds. The van der Waals surface area contributed by atoms with E-state index in [2.05, 4.69) is 15.4 Å². The molecule has 4 aromatic rings. The molecule has 1 N–H and O–H groups in total. The second kappa shape index (κ2) is 7.66. The van der Waals surface area contributed by atoms with Crippen LogP contribution in [0.1, 0.15) is 15.9 Å². The van der Waals surface area contributed by atoms with Gasteiger partial charge in [0.25, 0.3) is 5.91 Å². The zero-order chi connectivity index (χ0) is 18.5. The Kier molecular flexibility index (Phi) is 4.74. The normalized spacial score (nSPS) is 10.5. The van der Waals surface area contributed by atoms with Gasteiger partial charge >= 0.3 is 0 Å². The number of benzene rings is 2. The topological polar surface area (TPSA) is 59.8 Å². The molecule has 0 radical (unpaired) electrons. The molecule has 0 atom stereocenters. The first kappa shape index (κ1) is 16.7. The molecule has 0 fully saturated rings. The number of anilines is 1. The van der Waals surface area contributed by atoms with Crippen molar-refractivity contribution in [2.24, 2.45) is 0 Å². The van der Waals surface area contributed by atoms with E-state index in [0.717, 1.165) is 11.1 Å². The van der Waals surface area contributed by atoms with Gasteiger partial charge in [0.1, 0.15) is 5.69 Å². The summed E-state index contributed by atoms with van der Waals surface area (Å²) < 4.78 is 1.80.